The van der Waals surface area contributed by atoms with Gasteiger partial charge >= 0.3 is 0 Å². The van der Waals surface area contributed by atoms with Crippen LogP contribution in [-0.4, -0.2) is 32.8 Å². The van der Waals surface area contributed by atoms with Gasteiger partial charge in [0, 0.05) is 34.0 Å². The lowest BCUT2D eigenvalue weighted by molar-refractivity contribution is 0.250. The minimum Gasteiger partial charge on any atom is -0.245 e. The lowest BCUT2D eigenvalue weighted by Crippen LogP contribution is -2.43. The van der Waals surface area contributed by atoms with Gasteiger partial charge in [-0.1, -0.05) is 152 Å². The van der Waals surface area contributed by atoms with Crippen LogP contribution < -0.4 is 0 Å². The number of aromatic nitrogens is 2. The third-order valence-corrected chi connectivity index (χ3v) is 8.33. The SMILES string of the molecule is c1ccc(C2=NC(c3ccccc3)(C3(c4ccncn4)N=C(c4ccccc4)C(c4ccccc4)=N3)N=C2c2ccccc2)cc1. The van der Waals surface area contributed by atoms with Gasteiger partial charge in [0.25, 0.3) is 0 Å². The van der Waals surface area contributed by atoms with E-state index in [1.54, 1.807) is 12.5 Å². The molecule has 0 atom stereocenters. The van der Waals surface area contributed by atoms with E-state index in [1.165, 1.54) is 0 Å². The summed E-state index contributed by atoms with van der Waals surface area (Å²) in [6.07, 6.45) is 3.28. The summed E-state index contributed by atoms with van der Waals surface area (Å²) in [7, 11) is 0. The number of nitrogens with zero attached hydrogens (tertiary/aromatic N) is 6. The third-order valence-electron chi connectivity index (χ3n) is 8.33. The molecule has 6 nitrogen and oxygen atoms in total. The van der Waals surface area contributed by atoms with Crippen LogP contribution in [0.4, 0.5) is 0 Å². The van der Waals surface area contributed by atoms with Crippen LogP contribution in [0.1, 0.15) is 33.5 Å². The lowest BCUT2D eigenvalue weighted by atomic mass is 9.84. The molecule has 0 spiro atoms. The molecule has 2 aliphatic rings. The Morgan fingerprint density at radius 2 is 0.696 bits per heavy atom. The highest BCUT2D eigenvalue weighted by molar-refractivity contribution is 6.55. The van der Waals surface area contributed by atoms with E-state index in [9.17, 15) is 0 Å². The van der Waals surface area contributed by atoms with Gasteiger partial charge in [-0.15, -0.1) is 0 Å². The summed E-state index contributed by atoms with van der Waals surface area (Å²) in [5, 5.41) is 0. The average Bonchev–Trinajstić information content (AvgIpc) is 3.77. The molecule has 0 amide bonds. The average molecular weight is 593 g/mol. The van der Waals surface area contributed by atoms with Crippen molar-refractivity contribution in [2.24, 2.45) is 20.0 Å². The minimum absolute atomic E-state index is 0.597. The van der Waals surface area contributed by atoms with Crippen molar-refractivity contribution in [1.82, 2.24) is 9.97 Å². The zero-order valence-corrected chi connectivity index (χ0v) is 24.8. The van der Waals surface area contributed by atoms with E-state index in [2.05, 4.69) is 65.6 Å². The molecule has 3 heterocycles. The van der Waals surface area contributed by atoms with Gasteiger partial charge < -0.3 is 0 Å². The van der Waals surface area contributed by atoms with Crippen LogP contribution in [0.3, 0.4) is 0 Å². The van der Waals surface area contributed by atoms with E-state index in [-0.39, 0.29) is 0 Å². The van der Waals surface area contributed by atoms with Crippen LogP contribution >= 0.6 is 0 Å². The number of hydrogen-bond donors (Lipinski definition) is 0. The van der Waals surface area contributed by atoms with Crippen molar-refractivity contribution in [3.05, 3.63) is 204 Å². The van der Waals surface area contributed by atoms with Gasteiger partial charge in [-0.3, -0.25) is 0 Å². The molecular weight excluding hydrogens is 564 g/mol. The van der Waals surface area contributed by atoms with E-state index in [0.717, 1.165) is 50.7 Å². The molecule has 0 saturated heterocycles. The Morgan fingerprint density at radius 1 is 0.348 bits per heavy atom. The Bertz CT molecular complexity index is 1840. The molecular formula is C40H28N6. The number of benzene rings is 5. The standard InChI is InChI=1S/C40H28N6/c1-6-16-29(17-7-1)35-36(30-18-8-2-9-19-30)44-39(43-35,33-24-14-5-15-25-33)40(34-26-27-41-28-42-34)45-37(31-20-10-3-11-21-31)38(46-40)32-22-12-4-13-23-32/h1-28H. The normalized spacial score (nSPS) is 16.3. The summed E-state index contributed by atoms with van der Waals surface area (Å²) < 4.78 is 0. The molecule has 0 aliphatic carbocycles. The van der Waals surface area contributed by atoms with Gasteiger partial charge in [-0.2, -0.15) is 0 Å². The quantitative estimate of drug-likeness (QED) is 0.193. The molecule has 1 aromatic heterocycles. The van der Waals surface area contributed by atoms with E-state index in [4.69, 9.17) is 25.0 Å². The zero-order chi connectivity index (χ0) is 30.8. The minimum atomic E-state index is -1.41. The van der Waals surface area contributed by atoms with Gasteiger partial charge in [0.2, 0.25) is 11.3 Å². The zero-order valence-electron chi connectivity index (χ0n) is 24.8. The highest BCUT2D eigenvalue weighted by Crippen LogP contribution is 2.53. The Hall–Kier alpha value is -6.14. The van der Waals surface area contributed by atoms with Crippen molar-refractivity contribution in [3.8, 4) is 0 Å². The van der Waals surface area contributed by atoms with E-state index >= 15 is 0 Å². The Balaban J connectivity index is 1.52. The van der Waals surface area contributed by atoms with Crippen LogP contribution in [0.2, 0.25) is 0 Å². The van der Waals surface area contributed by atoms with E-state index in [0.29, 0.717) is 5.69 Å². The van der Waals surface area contributed by atoms with Crippen molar-refractivity contribution in [3.63, 3.8) is 0 Å². The summed E-state index contributed by atoms with van der Waals surface area (Å²) in [6, 6.07) is 52.7. The molecule has 0 radical (unpaired) electrons. The van der Waals surface area contributed by atoms with Crippen LogP contribution in [0.25, 0.3) is 0 Å². The molecule has 0 saturated carbocycles. The predicted octanol–water partition coefficient (Wildman–Crippen LogP) is 7.47. The number of rotatable bonds is 7. The van der Waals surface area contributed by atoms with Crippen LogP contribution in [-0.2, 0) is 11.3 Å². The first-order valence-electron chi connectivity index (χ1n) is 15.2. The second-order valence-electron chi connectivity index (χ2n) is 11.1. The summed E-state index contributed by atoms with van der Waals surface area (Å²) in [6.45, 7) is 0. The molecule has 6 aromatic rings. The van der Waals surface area contributed by atoms with Gasteiger partial charge in [0.15, 0.2) is 0 Å². The molecule has 0 unspecified atom stereocenters. The first-order chi connectivity index (χ1) is 22.8. The van der Waals surface area contributed by atoms with Gasteiger partial charge in [-0.05, 0) is 6.07 Å². The molecule has 5 aromatic carbocycles. The summed E-state index contributed by atoms with van der Waals surface area (Å²) >= 11 is 0. The maximum atomic E-state index is 5.64. The summed E-state index contributed by atoms with van der Waals surface area (Å²) in [4.78, 5) is 31.6. The molecule has 8 rings (SSSR count). The second kappa shape index (κ2) is 11.4. The fraction of sp³-hybridized carbons (Fsp3) is 0.0500. The van der Waals surface area contributed by atoms with Crippen molar-refractivity contribution in [2.45, 2.75) is 11.3 Å². The Labute approximate surface area is 267 Å². The molecule has 0 bridgehead atoms. The first-order valence-corrected chi connectivity index (χ1v) is 15.2. The monoisotopic (exact) mass is 592 g/mol. The van der Waals surface area contributed by atoms with Crippen LogP contribution in [0.5, 0.6) is 0 Å². The number of aliphatic imine (C=N–C) groups is 4. The summed E-state index contributed by atoms with van der Waals surface area (Å²) in [5.41, 5.74) is 5.52. The fourth-order valence-electron chi connectivity index (χ4n) is 6.20. The topological polar surface area (TPSA) is 75.2 Å². The summed E-state index contributed by atoms with van der Waals surface area (Å²) in [5.74, 6) is 0. The van der Waals surface area contributed by atoms with Gasteiger partial charge in [0.1, 0.15) is 6.33 Å². The van der Waals surface area contributed by atoms with Crippen molar-refractivity contribution in [1.29, 1.82) is 0 Å². The molecule has 46 heavy (non-hydrogen) atoms. The van der Waals surface area contributed by atoms with Crippen molar-refractivity contribution >= 4 is 22.8 Å². The highest BCUT2D eigenvalue weighted by atomic mass is 15.3. The Kier molecular flexibility index (Phi) is 6.80. The smallest absolute Gasteiger partial charge is 0.243 e. The molecule has 218 valence electrons. The van der Waals surface area contributed by atoms with Gasteiger partial charge in [-0.25, -0.2) is 29.9 Å². The predicted molar refractivity (Wildman–Crippen MR) is 184 cm³/mol. The third kappa shape index (κ3) is 4.50. The molecule has 2 aliphatic heterocycles. The number of hydrogen-bond acceptors (Lipinski definition) is 6. The molecule has 0 N–H and O–H groups in total. The largest absolute Gasteiger partial charge is 0.245 e. The van der Waals surface area contributed by atoms with Crippen LogP contribution in [0.15, 0.2) is 190 Å². The van der Waals surface area contributed by atoms with Crippen molar-refractivity contribution < 1.29 is 0 Å². The molecule has 0 fully saturated rings. The second-order valence-corrected chi connectivity index (χ2v) is 11.1. The highest BCUT2D eigenvalue weighted by Gasteiger charge is 2.61. The fourth-order valence-corrected chi connectivity index (χ4v) is 6.20. The Morgan fingerprint density at radius 3 is 1.04 bits per heavy atom. The van der Waals surface area contributed by atoms with Gasteiger partial charge in [0.05, 0.1) is 28.5 Å². The lowest BCUT2D eigenvalue weighted by Gasteiger charge is -2.37. The van der Waals surface area contributed by atoms with E-state index < -0.39 is 11.3 Å². The maximum absolute atomic E-state index is 5.64. The van der Waals surface area contributed by atoms with Crippen LogP contribution in [0, 0.1) is 0 Å². The van der Waals surface area contributed by atoms with E-state index in [1.807, 2.05) is 97.1 Å². The molecule has 6 heteroatoms. The van der Waals surface area contributed by atoms with Crippen molar-refractivity contribution in [2.75, 3.05) is 0 Å². The first kappa shape index (κ1) is 27.4. The maximum Gasteiger partial charge on any atom is 0.243 e.